The van der Waals surface area contributed by atoms with Gasteiger partial charge in [-0.1, -0.05) is 44.9 Å². The number of rotatable bonds is 20. The smallest absolute Gasteiger partial charge is 0.326 e. The number of aliphatic hydroxyl groups is 1. The standard InChI is InChI=1S/C36H48ClN3O16/c1-21-16-25-24-11-10-22-17-23(41)12-13-33(22,2)35(24,37)27(42)19-34(25,3)36(21,56-30(45)9-7-15-55-40(51)52)28(43)20-53-31(46)18-26(32(47)48)38-29(44)8-5-4-6-14-54-39(49)50/h10,12-13,21,24-27,42H,4-9,11,14-20H2,1-3H3,(H,38,44)(H,47,48)/t21-,24?,25?,26?,27-,33-,34-,35-,36-/m0/s1. The first-order chi connectivity index (χ1) is 26.2. The van der Waals surface area contributed by atoms with E-state index in [2.05, 4.69) is 15.0 Å². The normalized spacial score (nSPS) is 32.0. The number of alkyl halides is 1. The Morgan fingerprint density at radius 2 is 1.66 bits per heavy atom. The van der Waals surface area contributed by atoms with Crippen LogP contribution in [-0.4, -0.2) is 98.2 Å². The number of carboxylic acid groups (broad SMARTS) is 1. The van der Waals surface area contributed by atoms with Gasteiger partial charge in [0.25, 0.3) is 10.2 Å². The number of carbonyl (C=O) groups excluding carboxylic acids is 5. The molecule has 4 rings (SSSR count). The van der Waals surface area contributed by atoms with Crippen LogP contribution in [0.5, 0.6) is 0 Å². The van der Waals surface area contributed by atoms with E-state index in [1.165, 1.54) is 6.08 Å². The fourth-order valence-electron chi connectivity index (χ4n) is 9.54. The maximum absolute atomic E-state index is 14.5. The molecule has 0 aromatic rings. The second kappa shape index (κ2) is 17.7. The molecule has 0 spiro atoms. The van der Waals surface area contributed by atoms with E-state index in [4.69, 9.17) is 21.1 Å². The number of nitrogens with zero attached hydrogens (tertiary/aromatic N) is 2. The Kier molecular flexibility index (Phi) is 13.9. The predicted molar refractivity (Wildman–Crippen MR) is 190 cm³/mol. The van der Waals surface area contributed by atoms with Gasteiger partial charge >= 0.3 is 17.9 Å². The SMILES string of the molecule is C[C@H]1CC2C3CC=C4CC(=O)C=C[C@]4(C)[C@@]3(Cl)[C@@H](O)C[C@]2(C)[C@@]1(OC(=O)CCCO[N+](=O)[O-])C(=O)COC(=O)CC(NC(=O)CCCCCO[N+](=O)[O-])C(=O)O. The van der Waals surface area contributed by atoms with Crippen molar-refractivity contribution in [3.8, 4) is 0 Å². The monoisotopic (exact) mass is 813 g/mol. The van der Waals surface area contributed by atoms with Crippen molar-refractivity contribution < 1.29 is 68.3 Å². The van der Waals surface area contributed by atoms with Crippen LogP contribution in [0.25, 0.3) is 0 Å². The first-order valence-corrected chi connectivity index (χ1v) is 18.9. The second-order valence-electron chi connectivity index (χ2n) is 15.4. The zero-order chi connectivity index (χ0) is 41.6. The van der Waals surface area contributed by atoms with Crippen LogP contribution in [0.15, 0.2) is 23.8 Å². The van der Waals surface area contributed by atoms with Crippen LogP contribution < -0.4 is 5.32 Å². The van der Waals surface area contributed by atoms with Gasteiger partial charge in [-0.25, -0.2) is 4.79 Å². The lowest BCUT2D eigenvalue weighted by molar-refractivity contribution is -0.757. The second-order valence-corrected chi connectivity index (χ2v) is 16.0. The number of nitrogens with one attached hydrogen (secondary N) is 1. The lowest BCUT2D eigenvalue weighted by Crippen LogP contribution is -2.69. The Hall–Kier alpha value is -4.65. The number of aliphatic hydroxyl groups excluding tert-OH is 1. The van der Waals surface area contributed by atoms with Crippen LogP contribution >= 0.6 is 11.6 Å². The summed E-state index contributed by atoms with van der Waals surface area (Å²) in [5.74, 6) is -6.91. The summed E-state index contributed by atoms with van der Waals surface area (Å²) in [7, 11) is 0. The Morgan fingerprint density at radius 1 is 1.00 bits per heavy atom. The lowest BCUT2D eigenvalue weighted by atomic mass is 9.46. The zero-order valence-electron chi connectivity index (χ0n) is 31.4. The molecule has 0 bridgehead atoms. The van der Waals surface area contributed by atoms with Crippen molar-refractivity contribution in [1.82, 2.24) is 5.32 Å². The molecule has 56 heavy (non-hydrogen) atoms. The van der Waals surface area contributed by atoms with Gasteiger partial charge in [0.2, 0.25) is 11.7 Å². The number of halogens is 1. The predicted octanol–water partition coefficient (Wildman–Crippen LogP) is 2.98. The lowest BCUT2D eigenvalue weighted by Gasteiger charge is -2.63. The third-order valence-corrected chi connectivity index (χ3v) is 13.1. The van der Waals surface area contributed by atoms with Crippen LogP contribution in [0.2, 0.25) is 0 Å². The van der Waals surface area contributed by atoms with Crippen molar-refractivity contribution in [2.24, 2.45) is 28.6 Å². The highest BCUT2D eigenvalue weighted by atomic mass is 35.5. The van der Waals surface area contributed by atoms with Gasteiger partial charge in [-0.15, -0.1) is 31.8 Å². The van der Waals surface area contributed by atoms with Gasteiger partial charge in [0, 0.05) is 36.0 Å². The highest BCUT2D eigenvalue weighted by Gasteiger charge is 2.76. The number of Topliss-reactive ketones (excluding diaryl/α,β-unsaturated/α-hetero) is 1. The molecule has 4 aliphatic rings. The molecule has 3 unspecified atom stereocenters. The molecule has 1 amide bonds. The molecule has 0 aliphatic heterocycles. The summed E-state index contributed by atoms with van der Waals surface area (Å²) in [5.41, 5.74) is -3.45. The molecule has 9 atom stereocenters. The van der Waals surface area contributed by atoms with E-state index in [0.717, 1.165) is 5.57 Å². The minimum absolute atomic E-state index is 0.0981. The Morgan fingerprint density at radius 3 is 2.30 bits per heavy atom. The van der Waals surface area contributed by atoms with Crippen molar-refractivity contribution in [2.45, 2.75) is 114 Å². The Balaban J connectivity index is 1.54. The number of hydrogen-bond donors (Lipinski definition) is 3. The number of amides is 1. The minimum Gasteiger partial charge on any atom is -0.480 e. The molecular weight excluding hydrogens is 766 g/mol. The summed E-state index contributed by atoms with van der Waals surface area (Å²) in [6.07, 6.45) is 3.87. The molecule has 2 fully saturated rings. The molecule has 0 saturated heterocycles. The van der Waals surface area contributed by atoms with Crippen LogP contribution in [0.1, 0.15) is 91.4 Å². The van der Waals surface area contributed by atoms with E-state index >= 15 is 0 Å². The molecule has 3 N–H and O–H groups in total. The molecule has 0 aromatic heterocycles. The van der Waals surface area contributed by atoms with Gasteiger partial charge in [0.1, 0.15) is 6.04 Å². The molecule has 0 radical (unpaired) electrons. The average molecular weight is 814 g/mol. The van der Waals surface area contributed by atoms with Gasteiger partial charge in [-0.3, -0.25) is 24.0 Å². The van der Waals surface area contributed by atoms with E-state index in [9.17, 15) is 59.2 Å². The van der Waals surface area contributed by atoms with Gasteiger partial charge in [0.05, 0.1) is 30.6 Å². The van der Waals surface area contributed by atoms with Crippen LogP contribution in [0.4, 0.5) is 0 Å². The number of ether oxygens (including phenoxy) is 2. The van der Waals surface area contributed by atoms with Crippen LogP contribution in [-0.2, 0) is 47.9 Å². The van der Waals surface area contributed by atoms with E-state index in [0.29, 0.717) is 12.8 Å². The van der Waals surface area contributed by atoms with Gasteiger partial charge in [-0.05, 0) is 56.4 Å². The molecule has 4 aliphatic carbocycles. The van der Waals surface area contributed by atoms with Crippen molar-refractivity contribution in [3.63, 3.8) is 0 Å². The zero-order valence-corrected chi connectivity index (χ0v) is 32.2. The van der Waals surface area contributed by atoms with Crippen LogP contribution in [0.3, 0.4) is 0 Å². The van der Waals surface area contributed by atoms with Gasteiger partial charge in [0.15, 0.2) is 18.0 Å². The number of hydrogen-bond acceptors (Lipinski definition) is 15. The van der Waals surface area contributed by atoms with Crippen molar-refractivity contribution in [3.05, 3.63) is 44.0 Å². The van der Waals surface area contributed by atoms with Crippen molar-refractivity contribution in [1.29, 1.82) is 0 Å². The molecule has 0 heterocycles. The average Bonchev–Trinajstić information content (AvgIpc) is 3.33. The largest absolute Gasteiger partial charge is 0.480 e. The molecule has 310 valence electrons. The number of allylic oxidation sites excluding steroid dienone is 4. The van der Waals surface area contributed by atoms with E-state index in [-0.39, 0.29) is 63.8 Å². The summed E-state index contributed by atoms with van der Waals surface area (Å²) in [6.45, 7) is 3.70. The highest BCUT2D eigenvalue weighted by molar-refractivity contribution is 6.26. The van der Waals surface area contributed by atoms with Gasteiger partial charge < -0.3 is 34.7 Å². The molecule has 2 saturated carbocycles. The highest BCUT2D eigenvalue weighted by Crippen LogP contribution is 2.71. The Labute approximate surface area is 326 Å². The number of unbranched alkanes of at least 4 members (excludes halogenated alkanes) is 2. The summed E-state index contributed by atoms with van der Waals surface area (Å²) in [4.78, 5) is 106. The number of ketones is 2. The third-order valence-electron chi connectivity index (χ3n) is 12.2. The summed E-state index contributed by atoms with van der Waals surface area (Å²) < 4.78 is 11.4. The van der Waals surface area contributed by atoms with Crippen LogP contribution in [0, 0.1) is 48.8 Å². The quantitative estimate of drug-likeness (QED) is 0.0398. The number of carbonyl (C=O) groups is 6. The van der Waals surface area contributed by atoms with E-state index < -0.39 is 111 Å². The molecule has 19 nitrogen and oxygen atoms in total. The molecular formula is C36H48ClN3O16. The van der Waals surface area contributed by atoms with Crippen molar-refractivity contribution in [2.75, 3.05) is 19.8 Å². The number of esters is 2. The van der Waals surface area contributed by atoms with E-state index in [1.54, 1.807) is 19.9 Å². The summed E-state index contributed by atoms with van der Waals surface area (Å²) in [6, 6.07) is -1.72. The fourth-order valence-corrected chi connectivity index (χ4v) is 10.0. The maximum atomic E-state index is 14.5. The third kappa shape index (κ3) is 8.67. The maximum Gasteiger partial charge on any atom is 0.326 e. The number of carboxylic acids is 1. The summed E-state index contributed by atoms with van der Waals surface area (Å²) in [5, 5.41) is 42.9. The molecule has 20 heteroatoms. The molecule has 0 aromatic carbocycles. The number of fused-ring (bicyclic) bond motifs is 5. The van der Waals surface area contributed by atoms with E-state index in [1.807, 2.05) is 13.0 Å². The first kappa shape index (κ1) is 44.1. The Bertz CT molecular complexity index is 1670. The van der Waals surface area contributed by atoms with Gasteiger partial charge in [-0.2, -0.15) is 0 Å². The number of aliphatic carboxylic acids is 1. The topological polar surface area (TPSA) is 278 Å². The van der Waals surface area contributed by atoms with Crippen molar-refractivity contribution >= 4 is 47.0 Å². The fraction of sp³-hybridized carbons (Fsp3) is 0.722. The minimum atomic E-state index is -2.01. The summed E-state index contributed by atoms with van der Waals surface area (Å²) >= 11 is 7.54. The first-order valence-electron chi connectivity index (χ1n) is 18.5.